The highest BCUT2D eigenvalue weighted by Crippen LogP contribution is 2.27. The first-order valence-corrected chi connectivity index (χ1v) is 23.3. The molecular weight excluding hydrogens is 669 g/mol. The molecule has 2 aromatic rings. The van der Waals surface area contributed by atoms with Crippen LogP contribution < -0.4 is 0 Å². The van der Waals surface area contributed by atoms with Crippen molar-refractivity contribution in [1.29, 1.82) is 0 Å². The second kappa shape index (κ2) is 29.4. The topological polar surface area (TPSA) is 74.9 Å². The zero-order chi connectivity index (χ0) is 38.6. The van der Waals surface area contributed by atoms with Gasteiger partial charge in [0.2, 0.25) is 0 Å². The molecule has 0 spiro atoms. The number of nitrogens with zero attached hydrogens (tertiary/aromatic N) is 2. The van der Waals surface area contributed by atoms with E-state index in [0.717, 1.165) is 55.1 Å². The Kier molecular flexibility index (Phi) is 25.3. The van der Waals surface area contributed by atoms with E-state index >= 15 is 0 Å². The zero-order valence-electron chi connectivity index (χ0n) is 35.4. The smallest absolute Gasteiger partial charge is 0.324 e. The van der Waals surface area contributed by atoms with Crippen LogP contribution >= 0.6 is 0 Å². The minimum atomic E-state index is -0.453. The van der Waals surface area contributed by atoms with Gasteiger partial charge in [0.05, 0.1) is 12.2 Å². The molecule has 310 valence electrons. The van der Waals surface area contributed by atoms with Gasteiger partial charge < -0.3 is 19.5 Å². The number of carbonyl (C=O) groups excluding carboxylic acids is 1. The molecule has 4 unspecified atom stereocenters. The van der Waals surface area contributed by atoms with E-state index in [1.54, 1.807) is 0 Å². The lowest BCUT2D eigenvalue weighted by Crippen LogP contribution is -2.55. The number of rotatable bonds is 34. The molecule has 2 heterocycles. The van der Waals surface area contributed by atoms with E-state index in [2.05, 4.69) is 60.6 Å². The summed E-state index contributed by atoms with van der Waals surface area (Å²) in [7, 11) is 0. The van der Waals surface area contributed by atoms with Crippen LogP contribution in [0.5, 0.6) is 0 Å². The summed E-state index contributed by atoms with van der Waals surface area (Å²) in [6, 6.07) is 10.2. The number of para-hydroxylation sites is 1. The van der Waals surface area contributed by atoms with Gasteiger partial charge in [-0.15, -0.1) is 0 Å². The van der Waals surface area contributed by atoms with Crippen molar-refractivity contribution in [2.75, 3.05) is 13.1 Å². The molecule has 1 saturated heterocycles. The lowest BCUT2D eigenvalue weighted by Gasteiger charge is -2.39. The Balaban J connectivity index is 1.61. The van der Waals surface area contributed by atoms with Crippen LogP contribution in [0.1, 0.15) is 206 Å². The summed E-state index contributed by atoms with van der Waals surface area (Å²) < 4.78 is 8.44. The Hall–Kier alpha value is -1.89. The number of β-amino-alcohol motifs (C(OH)–C–C–N with tert-alkyl or cyclic N) is 1. The largest absolute Gasteiger partial charge is 0.460 e. The van der Waals surface area contributed by atoms with Crippen molar-refractivity contribution in [3.63, 3.8) is 0 Å². The first kappa shape index (κ1) is 46.5. The first-order valence-electron chi connectivity index (χ1n) is 23.3. The lowest BCUT2D eigenvalue weighted by molar-refractivity contribution is -0.168. The standard InChI is InChI=1S/C48H84N2O4/c1-4-7-10-13-16-19-21-23-26-32-43(51)38-49-40-45(34-28-25-22-18-15-12-9-6-3)54-48(53)47(49)37-42-36-41-31-29-30-35-46(41)50(42)39-44(52)33-27-24-20-17-14-11-8-5-2/h29-31,35-36,43-45,47,51-52H,4-28,32-34,37-40H2,1-3H3. The molecule has 1 aromatic carbocycles. The quantitative estimate of drug-likeness (QED) is 0.0550. The van der Waals surface area contributed by atoms with Crippen molar-refractivity contribution in [2.24, 2.45) is 0 Å². The number of cyclic esters (lactones) is 1. The second-order valence-electron chi connectivity index (χ2n) is 17.0. The molecule has 2 N–H and O–H groups in total. The van der Waals surface area contributed by atoms with Gasteiger partial charge in [0.25, 0.3) is 0 Å². The van der Waals surface area contributed by atoms with E-state index < -0.39 is 18.2 Å². The number of aliphatic hydroxyl groups is 2. The Morgan fingerprint density at radius 1 is 0.630 bits per heavy atom. The SMILES string of the molecule is CCCCCCCCCCCC(O)CN1CC(CCCCCCCCCC)OC(=O)C1Cc1cc2ccccc2n1CC(O)CCCCCCCCCC. The van der Waals surface area contributed by atoms with E-state index in [1.807, 2.05) is 0 Å². The maximum atomic E-state index is 13.9. The summed E-state index contributed by atoms with van der Waals surface area (Å²) >= 11 is 0. The fourth-order valence-electron chi connectivity index (χ4n) is 8.61. The summed E-state index contributed by atoms with van der Waals surface area (Å²) in [5.74, 6) is -0.155. The van der Waals surface area contributed by atoms with Crippen LogP contribution in [-0.2, 0) is 22.5 Å². The third-order valence-corrected chi connectivity index (χ3v) is 12.0. The fourth-order valence-corrected chi connectivity index (χ4v) is 8.61. The van der Waals surface area contributed by atoms with Crippen LogP contribution in [0.2, 0.25) is 0 Å². The maximum absolute atomic E-state index is 13.9. The number of aromatic nitrogens is 1. The van der Waals surface area contributed by atoms with Gasteiger partial charge in [-0.2, -0.15) is 0 Å². The first-order chi connectivity index (χ1) is 26.5. The Morgan fingerprint density at radius 2 is 1.09 bits per heavy atom. The normalized spacial score (nSPS) is 17.7. The Bertz CT molecular complexity index is 1210. The average Bonchev–Trinajstić information content (AvgIpc) is 3.50. The minimum absolute atomic E-state index is 0.118. The van der Waals surface area contributed by atoms with Crippen molar-refractivity contribution >= 4 is 16.9 Å². The van der Waals surface area contributed by atoms with Crippen molar-refractivity contribution in [3.05, 3.63) is 36.0 Å². The van der Waals surface area contributed by atoms with Crippen LogP contribution in [0.25, 0.3) is 10.9 Å². The molecule has 0 bridgehead atoms. The highest BCUT2D eigenvalue weighted by Gasteiger charge is 2.38. The Labute approximate surface area is 332 Å². The van der Waals surface area contributed by atoms with Gasteiger partial charge in [0.1, 0.15) is 12.1 Å². The van der Waals surface area contributed by atoms with Gasteiger partial charge in [-0.05, 0) is 43.2 Å². The van der Waals surface area contributed by atoms with Crippen molar-refractivity contribution < 1.29 is 19.7 Å². The Morgan fingerprint density at radius 3 is 1.63 bits per heavy atom. The number of aliphatic hydroxyl groups excluding tert-OH is 2. The van der Waals surface area contributed by atoms with Crippen LogP contribution in [0, 0.1) is 0 Å². The highest BCUT2D eigenvalue weighted by molar-refractivity contribution is 5.82. The van der Waals surface area contributed by atoms with Crippen LogP contribution in [0.15, 0.2) is 30.3 Å². The number of ether oxygens (including phenoxy) is 1. The third kappa shape index (κ3) is 18.8. The van der Waals surface area contributed by atoms with E-state index in [-0.39, 0.29) is 12.1 Å². The molecule has 6 heteroatoms. The fraction of sp³-hybridized carbons (Fsp3) is 0.812. The number of hydrogen-bond donors (Lipinski definition) is 2. The van der Waals surface area contributed by atoms with Gasteiger partial charge in [-0.3, -0.25) is 9.69 Å². The predicted octanol–water partition coefficient (Wildman–Crippen LogP) is 12.5. The number of carbonyl (C=O) groups is 1. The molecule has 1 aromatic heterocycles. The molecule has 1 aliphatic rings. The summed E-state index contributed by atoms with van der Waals surface area (Å²) in [5, 5.41) is 23.7. The molecule has 3 rings (SSSR count). The summed E-state index contributed by atoms with van der Waals surface area (Å²) in [6.45, 7) is 8.51. The zero-order valence-corrected chi connectivity index (χ0v) is 35.4. The average molecular weight is 753 g/mol. The van der Waals surface area contributed by atoms with Gasteiger partial charge in [-0.1, -0.05) is 193 Å². The van der Waals surface area contributed by atoms with Gasteiger partial charge >= 0.3 is 5.97 Å². The number of benzene rings is 1. The van der Waals surface area contributed by atoms with Crippen LogP contribution in [0.4, 0.5) is 0 Å². The molecule has 0 radical (unpaired) electrons. The van der Waals surface area contributed by atoms with Gasteiger partial charge in [0.15, 0.2) is 0 Å². The van der Waals surface area contributed by atoms with Crippen molar-refractivity contribution in [1.82, 2.24) is 9.47 Å². The molecule has 1 fully saturated rings. The lowest BCUT2D eigenvalue weighted by atomic mass is 10.0. The van der Waals surface area contributed by atoms with Crippen molar-refractivity contribution in [3.8, 4) is 0 Å². The van der Waals surface area contributed by atoms with Gasteiger partial charge in [-0.25, -0.2) is 0 Å². The van der Waals surface area contributed by atoms with E-state index in [4.69, 9.17) is 4.74 Å². The summed E-state index contributed by atoms with van der Waals surface area (Å²) in [4.78, 5) is 16.1. The number of esters is 1. The number of hydrogen-bond acceptors (Lipinski definition) is 5. The molecule has 6 nitrogen and oxygen atoms in total. The molecule has 4 atom stereocenters. The summed E-state index contributed by atoms with van der Waals surface area (Å²) in [6.07, 6.45) is 33.5. The molecule has 0 saturated carbocycles. The third-order valence-electron chi connectivity index (χ3n) is 12.0. The molecule has 54 heavy (non-hydrogen) atoms. The molecule has 0 amide bonds. The van der Waals surface area contributed by atoms with Crippen molar-refractivity contribution in [2.45, 2.75) is 238 Å². The van der Waals surface area contributed by atoms with Crippen LogP contribution in [0.3, 0.4) is 0 Å². The van der Waals surface area contributed by atoms with E-state index in [1.165, 1.54) is 141 Å². The minimum Gasteiger partial charge on any atom is -0.460 e. The van der Waals surface area contributed by atoms with Crippen LogP contribution in [-0.4, -0.2) is 63.1 Å². The molecule has 1 aliphatic heterocycles. The number of morpholine rings is 1. The summed E-state index contributed by atoms with van der Waals surface area (Å²) in [5.41, 5.74) is 2.17. The number of fused-ring (bicyclic) bond motifs is 1. The predicted molar refractivity (Wildman–Crippen MR) is 229 cm³/mol. The molecular formula is C48H84N2O4. The second-order valence-corrected chi connectivity index (χ2v) is 17.0. The van der Waals surface area contributed by atoms with Gasteiger partial charge in [0, 0.05) is 37.3 Å². The highest BCUT2D eigenvalue weighted by atomic mass is 16.5. The van der Waals surface area contributed by atoms with E-state index in [0.29, 0.717) is 26.1 Å². The number of unbranched alkanes of at least 4 members (excludes halogenated alkanes) is 22. The maximum Gasteiger partial charge on any atom is 0.324 e. The monoisotopic (exact) mass is 753 g/mol. The van der Waals surface area contributed by atoms with E-state index in [9.17, 15) is 15.0 Å². The molecule has 0 aliphatic carbocycles.